The number of H-pyrrole nitrogens is 1. The van der Waals surface area contributed by atoms with E-state index in [0.717, 1.165) is 28.9 Å². The highest BCUT2D eigenvalue weighted by molar-refractivity contribution is 5.84. The van der Waals surface area contributed by atoms with Gasteiger partial charge >= 0.3 is 0 Å². The van der Waals surface area contributed by atoms with Crippen molar-refractivity contribution in [1.29, 1.82) is 0 Å². The van der Waals surface area contributed by atoms with Crippen LogP contribution in [0.3, 0.4) is 0 Å². The Labute approximate surface area is 124 Å². The van der Waals surface area contributed by atoms with E-state index in [1.807, 2.05) is 18.2 Å². The van der Waals surface area contributed by atoms with Crippen molar-refractivity contribution in [3.63, 3.8) is 0 Å². The molecule has 0 bridgehead atoms. The van der Waals surface area contributed by atoms with E-state index in [-0.39, 0.29) is 5.56 Å². The van der Waals surface area contributed by atoms with Crippen molar-refractivity contribution in [3.05, 3.63) is 40.8 Å². The molecule has 2 aromatic rings. The molecule has 0 radical (unpaired) electrons. The quantitative estimate of drug-likeness (QED) is 0.906. The average molecular weight is 283 g/mol. The molecule has 1 aromatic heterocycles. The fraction of sp³-hybridized carbons (Fsp3) is 0.471. The molecule has 21 heavy (non-hydrogen) atoms. The van der Waals surface area contributed by atoms with Gasteiger partial charge in [0, 0.05) is 42.9 Å². The van der Waals surface area contributed by atoms with E-state index in [1.165, 1.54) is 32.4 Å². The lowest BCUT2D eigenvalue weighted by molar-refractivity contribution is 0.322. The molecule has 2 fully saturated rings. The summed E-state index contributed by atoms with van der Waals surface area (Å²) in [6.45, 7) is 3.64. The predicted molar refractivity (Wildman–Crippen MR) is 85.8 cm³/mol. The molecule has 4 rings (SSSR count). The Morgan fingerprint density at radius 2 is 2.14 bits per heavy atom. The molecule has 110 valence electrons. The van der Waals surface area contributed by atoms with Gasteiger partial charge in [-0.15, -0.1) is 0 Å². The molecule has 4 nitrogen and oxygen atoms in total. The van der Waals surface area contributed by atoms with Crippen LogP contribution in [-0.4, -0.2) is 35.6 Å². The highest BCUT2D eigenvalue weighted by Crippen LogP contribution is 2.31. The van der Waals surface area contributed by atoms with E-state index in [1.54, 1.807) is 6.20 Å². The second-order valence-corrected chi connectivity index (χ2v) is 6.44. The predicted octanol–water partition coefficient (Wildman–Crippen LogP) is 2.42. The maximum atomic E-state index is 11.7. The summed E-state index contributed by atoms with van der Waals surface area (Å²) >= 11 is 0. The second-order valence-electron chi connectivity index (χ2n) is 6.44. The molecule has 0 amide bonds. The summed E-state index contributed by atoms with van der Waals surface area (Å²) in [6, 6.07) is 8.49. The van der Waals surface area contributed by atoms with E-state index in [4.69, 9.17) is 0 Å². The molecule has 2 aliphatic rings. The summed E-state index contributed by atoms with van der Waals surface area (Å²) < 4.78 is 0. The fourth-order valence-electron chi connectivity index (χ4n) is 3.30. The van der Waals surface area contributed by atoms with Gasteiger partial charge in [0.25, 0.3) is 5.56 Å². The highest BCUT2D eigenvalue weighted by atomic mass is 16.1. The van der Waals surface area contributed by atoms with Gasteiger partial charge in [0.2, 0.25) is 0 Å². The molecule has 2 heterocycles. The topological polar surface area (TPSA) is 48.1 Å². The Balaban J connectivity index is 1.46. The van der Waals surface area contributed by atoms with Gasteiger partial charge in [0.05, 0.1) is 0 Å². The molecule has 1 saturated carbocycles. The Hall–Kier alpha value is -1.81. The van der Waals surface area contributed by atoms with Gasteiger partial charge in [-0.25, -0.2) is 0 Å². The average Bonchev–Trinajstić information content (AvgIpc) is 3.18. The Kier molecular flexibility index (Phi) is 3.19. The highest BCUT2D eigenvalue weighted by Gasteiger charge is 2.29. The van der Waals surface area contributed by atoms with Crippen LogP contribution < -0.4 is 10.9 Å². The number of pyridine rings is 1. The summed E-state index contributed by atoms with van der Waals surface area (Å²) in [7, 11) is 0. The van der Waals surface area contributed by atoms with E-state index in [2.05, 4.69) is 21.3 Å². The minimum Gasteiger partial charge on any atom is -0.381 e. The normalized spacial score (nSPS) is 22.8. The van der Waals surface area contributed by atoms with Crippen LogP contribution in [0.1, 0.15) is 19.3 Å². The number of hydrogen-bond donors (Lipinski definition) is 2. The van der Waals surface area contributed by atoms with Crippen LogP contribution in [0, 0.1) is 5.92 Å². The summed E-state index contributed by atoms with van der Waals surface area (Å²) in [5, 5.41) is 5.37. The van der Waals surface area contributed by atoms with Gasteiger partial charge in [0.1, 0.15) is 0 Å². The van der Waals surface area contributed by atoms with Crippen LogP contribution in [0.25, 0.3) is 10.8 Å². The van der Waals surface area contributed by atoms with Crippen LogP contribution >= 0.6 is 0 Å². The first kappa shape index (κ1) is 12.9. The summed E-state index contributed by atoms with van der Waals surface area (Å²) in [6.07, 6.45) is 5.77. The molecular weight excluding hydrogens is 262 g/mol. The maximum Gasteiger partial charge on any atom is 0.255 e. The van der Waals surface area contributed by atoms with Crippen molar-refractivity contribution in [3.8, 4) is 0 Å². The second kappa shape index (κ2) is 5.19. The third kappa shape index (κ3) is 2.81. The number of nitrogens with zero attached hydrogens (tertiary/aromatic N) is 1. The molecule has 1 aromatic carbocycles. The van der Waals surface area contributed by atoms with Crippen LogP contribution in [0.2, 0.25) is 0 Å². The Morgan fingerprint density at radius 1 is 1.24 bits per heavy atom. The van der Waals surface area contributed by atoms with Crippen molar-refractivity contribution in [2.75, 3.05) is 25.0 Å². The van der Waals surface area contributed by atoms with Gasteiger partial charge in [-0.3, -0.25) is 4.79 Å². The van der Waals surface area contributed by atoms with Crippen LogP contribution in [0.5, 0.6) is 0 Å². The standard InChI is InChI=1S/C17H21N3O/c21-17-16-4-3-14(9-13(16)5-7-18-17)19-15-6-8-20(11-15)10-12-1-2-12/h3-5,7,9,12,15,19H,1-2,6,8,10-11H2,(H,18,21). The lowest BCUT2D eigenvalue weighted by atomic mass is 10.1. The molecule has 1 aliphatic heterocycles. The zero-order valence-corrected chi connectivity index (χ0v) is 12.1. The zero-order chi connectivity index (χ0) is 14.2. The largest absolute Gasteiger partial charge is 0.381 e. The van der Waals surface area contributed by atoms with Gasteiger partial charge in [-0.05, 0) is 54.8 Å². The van der Waals surface area contributed by atoms with Gasteiger partial charge < -0.3 is 15.2 Å². The van der Waals surface area contributed by atoms with Crippen molar-refractivity contribution in [1.82, 2.24) is 9.88 Å². The van der Waals surface area contributed by atoms with Crippen LogP contribution in [0.4, 0.5) is 5.69 Å². The SMILES string of the molecule is O=c1[nH]ccc2cc(NC3CCN(CC4CC4)C3)ccc12. The number of aromatic amines is 1. The van der Waals surface area contributed by atoms with Crippen LogP contribution in [-0.2, 0) is 0 Å². The Bertz CT molecular complexity index is 704. The summed E-state index contributed by atoms with van der Waals surface area (Å²) in [5.41, 5.74) is 1.10. The molecule has 1 saturated heterocycles. The lowest BCUT2D eigenvalue weighted by Gasteiger charge is -2.17. The lowest BCUT2D eigenvalue weighted by Crippen LogP contribution is -2.27. The molecule has 2 N–H and O–H groups in total. The first-order chi connectivity index (χ1) is 10.3. The molecular formula is C17H21N3O. The number of benzene rings is 1. The van der Waals surface area contributed by atoms with Crippen LogP contribution in [0.15, 0.2) is 35.3 Å². The molecule has 0 spiro atoms. The number of nitrogens with one attached hydrogen (secondary N) is 2. The van der Waals surface area contributed by atoms with E-state index in [9.17, 15) is 4.79 Å². The number of likely N-dealkylation sites (tertiary alicyclic amines) is 1. The maximum absolute atomic E-state index is 11.7. The number of aromatic nitrogens is 1. The summed E-state index contributed by atoms with van der Waals surface area (Å²) in [5.74, 6) is 0.969. The molecule has 1 aliphatic carbocycles. The Morgan fingerprint density at radius 3 is 3.00 bits per heavy atom. The van der Waals surface area contributed by atoms with Gasteiger partial charge in [0.15, 0.2) is 0 Å². The minimum absolute atomic E-state index is 0.0180. The van der Waals surface area contributed by atoms with Crippen molar-refractivity contribution >= 4 is 16.5 Å². The monoisotopic (exact) mass is 283 g/mol. The third-order valence-electron chi connectivity index (χ3n) is 4.63. The first-order valence-corrected chi connectivity index (χ1v) is 7.88. The molecule has 1 unspecified atom stereocenters. The smallest absolute Gasteiger partial charge is 0.255 e. The number of hydrogen-bond acceptors (Lipinski definition) is 3. The fourth-order valence-corrected chi connectivity index (χ4v) is 3.30. The minimum atomic E-state index is -0.0180. The summed E-state index contributed by atoms with van der Waals surface area (Å²) in [4.78, 5) is 17.0. The zero-order valence-electron chi connectivity index (χ0n) is 12.1. The van der Waals surface area contributed by atoms with Crippen molar-refractivity contribution in [2.24, 2.45) is 5.92 Å². The van der Waals surface area contributed by atoms with Crippen molar-refractivity contribution in [2.45, 2.75) is 25.3 Å². The number of anilines is 1. The number of fused-ring (bicyclic) bond motifs is 1. The van der Waals surface area contributed by atoms with E-state index >= 15 is 0 Å². The van der Waals surface area contributed by atoms with Gasteiger partial charge in [-0.2, -0.15) is 0 Å². The van der Waals surface area contributed by atoms with Gasteiger partial charge in [-0.1, -0.05) is 0 Å². The molecule has 4 heteroatoms. The van der Waals surface area contributed by atoms with E-state index in [0.29, 0.717) is 6.04 Å². The molecule has 1 atom stereocenters. The number of rotatable bonds is 4. The van der Waals surface area contributed by atoms with E-state index < -0.39 is 0 Å². The third-order valence-corrected chi connectivity index (χ3v) is 4.63. The first-order valence-electron chi connectivity index (χ1n) is 7.88. The van der Waals surface area contributed by atoms with Crippen molar-refractivity contribution < 1.29 is 0 Å².